The monoisotopic (exact) mass is 248 g/mol. The first-order valence-corrected chi connectivity index (χ1v) is 8.50. The van der Waals surface area contributed by atoms with Crippen LogP contribution >= 0.6 is 0 Å². The van der Waals surface area contributed by atoms with Gasteiger partial charge >= 0.3 is 0 Å². The van der Waals surface area contributed by atoms with Crippen LogP contribution in [0.3, 0.4) is 0 Å². The zero-order valence-corrected chi connectivity index (χ0v) is 12.2. The molecule has 0 aliphatic heterocycles. The van der Waals surface area contributed by atoms with Gasteiger partial charge in [-0.05, 0) is 24.7 Å². The van der Waals surface area contributed by atoms with Crippen molar-refractivity contribution in [1.82, 2.24) is 0 Å². The second-order valence-electron chi connectivity index (χ2n) is 5.71. The van der Waals surface area contributed by atoms with Gasteiger partial charge < -0.3 is 0 Å². The van der Waals surface area contributed by atoms with Crippen LogP contribution in [0.25, 0.3) is 0 Å². The van der Waals surface area contributed by atoms with Crippen LogP contribution in [-0.4, -0.2) is 20.4 Å². The van der Waals surface area contributed by atoms with Crippen molar-refractivity contribution < 1.29 is 8.42 Å². The molecule has 0 aromatic carbocycles. The zero-order valence-electron chi connectivity index (χ0n) is 11.4. The second-order valence-corrected chi connectivity index (χ2v) is 7.97. The summed E-state index contributed by atoms with van der Waals surface area (Å²) in [5.74, 6) is 0.339. The first-order chi connectivity index (χ1) is 7.27. The predicted octanol–water partition coefficient (Wildman–Crippen LogP) is 3.81. The molecule has 0 N–H and O–H groups in total. The summed E-state index contributed by atoms with van der Waals surface area (Å²) in [6.07, 6.45) is 9.55. The Morgan fingerprint density at radius 1 is 0.938 bits per heavy atom. The quantitative estimate of drug-likeness (QED) is 0.581. The summed E-state index contributed by atoms with van der Waals surface area (Å²) in [5, 5.41) is 0. The van der Waals surface area contributed by atoms with Crippen molar-refractivity contribution in [2.24, 2.45) is 5.41 Å². The van der Waals surface area contributed by atoms with Gasteiger partial charge in [-0.15, -0.1) is 0 Å². The Balaban J connectivity index is 3.70. The molecule has 0 spiro atoms. The molecular weight excluding hydrogens is 220 g/mol. The summed E-state index contributed by atoms with van der Waals surface area (Å²) in [7, 11) is -2.78. The van der Waals surface area contributed by atoms with Gasteiger partial charge in [-0.2, -0.15) is 0 Å². The van der Waals surface area contributed by atoms with E-state index in [-0.39, 0.29) is 0 Å². The van der Waals surface area contributed by atoms with E-state index < -0.39 is 9.84 Å². The van der Waals surface area contributed by atoms with Crippen molar-refractivity contribution >= 4 is 9.84 Å². The lowest BCUT2D eigenvalue weighted by Crippen LogP contribution is -2.14. The molecule has 16 heavy (non-hydrogen) atoms. The highest BCUT2D eigenvalue weighted by Crippen LogP contribution is 2.29. The molecule has 0 aliphatic rings. The minimum absolute atomic E-state index is 0.304. The molecule has 98 valence electrons. The van der Waals surface area contributed by atoms with Crippen LogP contribution < -0.4 is 0 Å². The van der Waals surface area contributed by atoms with Crippen LogP contribution in [0.15, 0.2) is 0 Å². The first-order valence-electron chi connectivity index (χ1n) is 6.44. The minimum atomic E-state index is -2.78. The van der Waals surface area contributed by atoms with E-state index in [0.29, 0.717) is 11.2 Å². The largest absolute Gasteiger partial charge is 0.229 e. The van der Waals surface area contributed by atoms with Crippen molar-refractivity contribution in [3.63, 3.8) is 0 Å². The van der Waals surface area contributed by atoms with Crippen molar-refractivity contribution in [3.05, 3.63) is 0 Å². The number of hydrogen-bond donors (Lipinski definition) is 0. The smallest absolute Gasteiger partial charge is 0.147 e. The van der Waals surface area contributed by atoms with Crippen molar-refractivity contribution in [2.75, 3.05) is 12.0 Å². The topological polar surface area (TPSA) is 34.1 Å². The van der Waals surface area contributed by atoms with Gasteiger partial charge in [-0.25, -0.2) is 8.42 Å². The van der Waals surface area contributed by atoms with Crippen LogP contribution in [0, 0.1) is 5.41 Å². The molecular formula is C13H28O2S. The third kappa shape index (κ3) is 10.5. The Morgan fingerprint density at radius 3 is 2.00 bits per heavy atom. The van der Waals surface area contributed by atoms with Crippen LogP contribution in [0.2, 0.25) is 0 Å². The van der Waals surface area contributed by atoms with Gasteiger partial charge in [0.1, 0.15) is 9.84 Å². The van der Waals surface area contributed by atoms with E-state index in [1.165, 1.54) is 38.4 Å². The molecule has 0 saturated heterocycles. The van der Waals surface area contributed by atoms with Gasteiger partial charge in [0.25, 0.3) is 0 Å². The zero-order chi connectivity index (χ0) is 12.7. The molecule has 0 radical (unpaired) electrons. The highest BCUT2D eigenvalue weighted by atomic mass is 32.2. The summed E-state index contributed by atoms with van der Waals surface area (Å²) < 4.78 is 22.0. The SMILES string of the molecule is CCCCCCC(C)(C)CCCS(C)(=O)=O. The van der Waals surface area contributed by atoms with Crippen LogP contribution in [0.4, 0.5) is 0 Å². The van der Waals surface area contributed by atoms with E-state index in [1.807, 2.05) is 0 Å². The maximum Gasteiger partial charge on any atom is 0.147 e. The van der Waals surface area contributed by atoms with Gasteiger partial charge in [-0.3, -0.25) is 0 Å². The van der Waals surface area contributed by atoms with E-state index in [4.69, 9.17) is 0 Å². The molecule has 0 bridgehead atoms. The Kier molecular flexibility index (Phi) is 7.29. The molecule has 0 fully saturated rings. The number of rotatable bonds is 9. The number of sulfone groups is 1. The van der Waals surface area contributed by atoms with Crippen molar-refractivity contribution in [3.8, 4) is 0 Å². The molecule has 0 unspecified atom stereocenters. The molecule has 3 heteroatoms. The molecule has 0 saturated carbocycles. The predicted molar refractivity (Wildman–Crippen MR) is 71.5 cm³/mol. The highest BCUT2D eigenvalue weighted by Gasteiger charge is 2.17. The highest BCUT2D eigenvalue weighted by molar-refractivity contribution is 7.90. The van der Waals surface area contributed by atoms with Gasteiger partial charge in [-0.1, -0.05) is 46.5 Å². The van der Waals surface area contributed by atoms with Gasteiger partial charge in [0.15, 0.2) is 0 Å². The molecule has 0 aromatic heterocycles. The minimum Gasteiger partial charge on any atom is -0.229 e. The fraction of sp³-hybridized carbons (Fsp3) is 1.00. The summed E-state index contributed by atoms with van der Waals surface area (Å²) in [6.45, 7) is 6.72. The fourth-order valence-corrected chi connectivity index (χ4v) is 2.64. The van der Waals surface area contributed by atoms with E-state index in [0.717, 1.165) is 12.8 Å². The van der Waals surface area contributed by atoms with Crippen molar-refractivity contribution in [2.45, 2.75) is 65.7 Å². The molecule has 0 heterocycles. The lowest BCUT2D eigenvalue weighted by Gasteiger charge is -2.24. The molecule has 0 aromatic rings. The van der Waals surface area contributed by atoms with Gasteiger partial charge in [0.05, 0.1) is 0 Å². The van der Waals surface area contributed by atoms with E-state index in [2.05, 4.69) is 20.8 Å². The maximum absolute atomic E-state index is 11.0. The Morgan fingerprint density at radius 2 is 1.50 bits per heavy atom. The normalized spacial score (nSPS) is 13.0. The maximum atomic E-state index is 11.0. The average Bonchev–Trinajstić information content (AvgIpc) is 2.10. The third-order valence-corrected chi connectivity index (χ3v) is 4.11. The molecule has 2 nitrogen and oxygen atoms in total. The molecule has 0 amide bonds. The van der Waals surface area contributed by atoms with Gasteiger partial charge in [0, 0.05) is 12.0 Å². The molecule has 0 rings (SSSR count). The number of hydrogen-bond acceptors (Lipinski definition) is 2. The van der Waals surface area contributed by atoms with E-state index in [1.54, 1.807) is 0 Å². The van der Waals surface area contributed by atoms with Crippen LogP contribution in [0.1, 0.15) is 65.7 Å². The van der Waals surface area contributed by atoms with E-state index >= 15 is 0 Å². The third-order valence-electron chi connectivity index (χ3n) is 3.08. The Labute approximate surface area is 102 Å². The summed E-state index contributed by atoms with van der Waals surface area (Å²) in [4.78, 5) is 0. The van der Waals surface area contributed by atoms with Gasteiger partial charge in [0.2, 0.25) is 0 Å². The molecule has 0 atom stereocenters. The molecule has 0 aliphatic carbocycles. The lowest BCUT2D eigenvalue weighted by molar-refractivity contribution is 0.292. The van der Waals surface area contributed by atoms with E-state index in [9.17, 15) is 8.42 Å². The number of unbranched alkanes of at least 4 members (excludes halogenated alkanes) is 3. The van der Waals surface area contributed by atoms with Crippen LogP contribution in [0.5, 0.6) is 0 Å². The van der Waals surface area contributed by atoms with Crippen LogP contribution in [-0.2, 0) is 9.84 Å². The summed E-state index contributed by atoms with van der Waals surface area (Å²) in [6, 6.07) is 0. The summed E-state index contributed by atoms with van der Waals surface area (Å²) in [5.41, 5.74) is 0.304. The Hall–Kier alpha value is -0.0500. The second kappa shape index (κ2) is 7.31. The standard InChI is InChI=1S/C13H28O2S/c1-5-6-7-8-10-13(2,3)11-9-12-16(4,14)15/h5-12H2,1-4H3. The average molecular weight is 248 g/mol. The summed E-state index contributed by atoms with van der Waals surface area (Å²) >= 11 is 0. The van der Waals surface area contributed by atoms with Crippen molar-refractivity contribution in [1.29, 1.82) is 0 Å². The lowest BCUT2D eigenvalue weighted by atomic mass is 9.83. The first kappa shape index (κ1) is 16.0. The Bertz CT molecular complexity index is 266. The fourth-order valence-electron chi connectivity index (χ4n) is 1.97.